The molecule has 5 heteroatoms. The zero-order chi connectivity index (χ0) is 18.8. The van der Waals surface area contributed by atoms with Gasteiger partial charge in [-0.05, 0) is 56.9 Å². The molecule has 2 aliphatic rings. The highest BCUT2D eigenvalue weighted by atomic mass is 32.2. The molecule has 0 aromatic heterocycles. The third kappa shape index (κ3) is 2.28. The minimum absolute atomic E-state index is 0.142. The average Bonchev–Trinajstić information content (AvgIpc) is 2.80. The molecule has 0 radical (unpaired) electrons. The van der Waals surface area contributed by atoms with E-state index in [1.807, 2.05) is 34.6 Å². The lowest BCUT2D eigenvalue weighted by Crippen LogP contribution is -2.50. The fourth-order valence-electron chi connectivity index (χ4n) is 4.18. The number of fused-ring (bicyclic) bond motifs is 2. The van der Waals surface area contributed by atoms with Crippen LogP contribution < -0.4 is 4.74 Å². The fraction of sp³-hybridized carbons (Fsp3) is 0.600. The molecule has 136 valence electrons. The Kier molecular flexibility index (Phi) is 4.03. The lowest BCUT2D eigenvalue weighted by molar-refractivity contribution is -0.176. The highest BCUT2D eigenvalue weighted by molar-refractivity contribution is 7.95. The third-order valence-electron chi connectivity index (χ3n) is 6.51. The van der Waals surface area contributed by atoms with E-state index in [0.29, 0.717) is 18.6 Å². The summed E-state index contributed by atoms with van der Waals surface area (Å²) in [6, 6.07) is 4.14. The third-order valence-corrected chi connectivity index (χ3v) is 7.69. The van der Waals surface area contributed by atoms with Crippen molar-refractivity contribution in [1.82, 2.24) is 0 Å². The van der Waals surface area contributed by atoms with E-state index in [1.165, 1.54) is 4.90 Å². The van der Waals surface area contributed by atoms with Crippen molar-refractivity contribution in [1.29, 1.82) is 0 Å². The predicted molar refractivity (Wildman–Crippen MR) is 99.0 cm³/mol. The molecule has 4 nitrogen and oxygen atoms in total. The second-order valence-corrected chi connectivity index (χ2v) is 10.4. The van der Waals surface area contributed by atoms with Crippen molar-refractivity contribution in [3.05, 3.63) is 23.3 Å². The van der Waals surface area contributed by atoms with Crippen molar-refractivity contribution in [3.63, 3.8) is 0 Å². The summed E-state index contributed by atoms with van der Waals surface area (Å²) in [5, 5.41) is 0. The van der Waals surface area contributed by atoms with Crippen LogP contribution in [-0.2, 0) is 25.2 Å². The van der Waals surface area contributed by atoms with Gasteiger partial charge in [0.15, 0.2) is 4.90 Å². The van der Waals surface area contributed by atoms with Crippen LogP contribution in [0.1, 0.15) is 44.7 Å². The van der Waals surface area contributed by atoms with Gasteiger partial charge in [0.25, 0.3) is 0 Å². The zero-order valence-corrected chi connectivity index (χ0v) is 16.9. The van der Waals surface area contributed by atoms with Crippen LogP contribution in [0.5, 0.6) is 5.75 Å². The smallest absolute Gasteiger partial charge is 0.356 e. The normalized spacial score (nSPS) is 29.8. The molecule has 1 saturated heterocycles. The quantitative estimate of drug-likeness (QED) is 0.468. The first-order valence-electron chi connectivity index (χ1n) is 8.61. The molecule has 0 spiro atoms. The van der Waals surface area contributed by atoms with Gasteiger partial charge in [0.05, 0.1) is 5.41 Å². The van der Waals surface area contributed by atoms with Crippen LogP contribution in [0.25, 0.3) is 0 Å². The fourth-order valence-corrected chi connectivity index (χ4v) is 5.01. The van der Waals surface area contributed by atoms with E-state index in [9.17, 15) is 9.59 Å². The Morgan fingerprint density at radius 3 is 2.08 bits per heavy atom. The van der Waals surface area contributed by atoms with Gasteiger partial charge in [0.1, 0.15) is 18.3 Å². The number of carbonyl (C=O) groups is 2. The molecule has 1 aliphatic heterocycles. The molecule has 1 aliphatic carbocycles. The topological polar surface area (TPSA) is 52.6 Å². The lowest BCUT2D eigenvalue weighted by Gasteiger charge is -2.34. The van der Waals surface area contributed by atoms with Gasteiger partial charge in [-0.2, -0.15) is 0 Å². The van der Waals surface area contributed by atoms with Crippen molar-refractivity contribution in [2.24, 2.45) is 10.8 Å². The summed E-state index contributed by atoms with van der Waals surface area (Å²) in [6.45, 7) is 9.68. The molecule has 1 aromatic rings. The summed E-state index contributed by atoms with van der Waals surface area (Å²) in [5.41, 5.74) is -0.530. The minimum atomic E-state index is -1.18. The highest BCUT2D eigenvalue weighted by Gasteiger charge is 2.76. The van der Waals surface area contributed by atoms with Gasteiger partial charge in [-0.3, -0.25) is 4.79 Å². The molecule has 2 unspecified atom stereocenters. The number of hydrogen-bond acceptors (Lipinski definition) is 4. The molecule has 25 heavy (non-hydrogen) atoms. The average molecular weight is 363 g/mol. The maximum absolute atomic E-state index is 13.1. The van der Waals surface area contributed by atoms with Gasteiger partial charge in [0, 0.05) is 16.3 Å². The first kappa shape index (κ1) is 18.3. The zero-order valence-electron chi connectivity index (χ0n) is 16.1. The van der Waals surface area contributed by atoms with Crippen molar-refractivity contribution >= 4 is 22.8 Å². The van der Waals surface area contributed by atoms with Gasteiger partial charge in [-0.15, -0.1) is 0 Å². The number of aryl methyl sites for hydroxylation is 2. The summed E-state index contributed by atoms with van der Waals surface area (Å²) in [5.74, 6) is -0.149. The number of ether oxygens (including phenoxy) is 2. The number of carbonyl (C=O) groups excluding carboxylic acids is 2. The van der Waals surface area contributed by atoms with Crippen LogP contribution in [-0.4, -0.2) is 30.1 Å². The number of esters is 2. The van der Waals surface area contributed by atoms with Crippen LogP contribution in [0.3, 0.4) is 0 Å². The number of benzene rings is 1. The highest BCUT2D eigenvalue weighted by Crippen LogP contribution is 2.65. The second kappa shape index (κ2) is 5.50. The molecule has 0 N–H and O–H groups in total. The maximum atomic E-state index is 13.1. The maximum Gasteiger partial charge on any atom is 0.356 e. The van der Waals surface area contributed by atoms with E-state index in [1.54, 1.807) is 0 Å². The lowest BCUT2D eigenvalue weighted by atomic mass is 9.66. The first-order chi connectivity index (χ1) is 11.5. The van der Waals surface area contributed by atoms with Gasteiger partial charge >= 0.3 is 11.9 Å². The second-order valence-electron chi connectivity index (χ2n) is 8.27. The van der Waals surface area contributed by atoms with E-state index in [2.05, 4.69) is 24.6 Å². The SMILES string of the molecule is Cc1cc([S+](C)C)cc(C)c1OC(=O)C12CCC(C)(C(=O)O1)C2(C)C. The summed E-state index contributed by atoms with van der Waals surface area (Å²) in [4.78, 5) is 26.7. The van der Waals surface area contributed by atoms with Gasteiger partial charge in [0.2, 0.25) is 5.60 Å². The van der Waals surface area contributed by atoms with Crippen molar-refractivity contribution in [2.75, 3.05) is 12.5 Å². The summed E-state index contributed by atoms with van der Waals surface area (Å²) < 4.78 is 11.5. The Morgan fingerprint density at radius 2 is 1.68 bits per heavy atom. The molecule has 0 amide bonds. The van der Waals surface area contributed by atoms with E-state index in [4.69, 9.17) is 9.47 Å². The summed E-state index contributed by atoms with van der Waals surface area (Å²) >= 11 is 0. The summed E-state index contributed by atoms with van der Waals surface area (Å²) in [7, 11) is 0.142. The van der Waals surface area contributed by atoms with Crippen LogP contribution in [0.4, 0.5) is 0 Å². The Hall–Kier alpha value is -1.49. The van der Waals surface area contributed by atoms with Crippen molar-refractivity contribution in [3.8, 4) is 5.75 Å². The van der Waals surface area contributed by atoms with E-state index < -0.39 is 22.4 Å². The first-order valence-corrected chi connectivity index (χ1v) is 10.6. The van der Waals surface area contributed by atoms with E-state index in [0.717, 1.165) is 11.1 Å². The molecule has 1 heterocycles. The summed E-state index contributed by atoms with van der Waals surface area (Å²) in [6.07, 6.45) is 5.50. The van der Waals surface area contributed by atoms with Gasteiger partial charge in [-0.25, -0.2) is 4.79 Å². The monoisotopic (exact) mass is 363 g/mol. The Labute approximate surface area is 152 Å². The standard InChI is InChI=1S/C20H27O4S/c1-12-10-14(25(6)7)11-13(2)15(12)23-17(22)20-9-8-19(5,16(21)24-20)18(20,3)4/h10-11H,8-9H2,1-7H3/q+1. The molecule has 1 aromatic carbocycles. The molecule has 2 bridgehead atoms. The molecule has 3 rings (SSSR count). The number of rotatable bonds is 3. The molecular formula is C20H27O4S+. The van der Waals surface area contributed by atoms with Crippen LogP contribution >= 0.6 is 0 Å². The molecule has 1 saturated carbocycles. The Morgan fingerprint density at radius 1 is 1.12 bits per heavy atom. The van der Waals surface area contributed by atoms with E-state index in [-0.39, 0.29) is 16.9 Å². The molecular weight excluding hydrogens is 336 g/mol. The Bertz CT molecular complexity index is 744. The van der Waals surface area contributed by atoms with Crippen molar-refractivity contribution < 1.29 is 19.1 Å². The van der Waals surface area contributed by atoms with Gasteiger partial charge in [-0.1, -0.05) is 13.8 Å². The molecule has 2 atom stereocenters. The van der Waals surface area contributed by atoms with Crippen LogP contribution in [0.15, 0.2) is 17.0 Å². The van der Waals surface area contributed by atoms with Gasteiger partial charge < -0.3 is 9.47 Å². The van der Waals surface area contributed by atoms with Crippen LogP contribution in [0.2, 0.25) is 0 Å². The van der Waals surface area contributed by atoms with Crippen molar-refractivity contribution in [2.45, 2.75) is 58.0 Å². The predicted octanol–water partition coefficient (Wildman–Crippen LogP) is 3.57. The van der Waals surface area contributed by atoms with Crippen LogP contribution in [0, 0.1) is 24.7 Å². The van der Waals surface area contributed by atoms with E-state index >= 15 is 0 Å². The molecule has 2 fully saturated rings. The minimum Gasteiger partial charge on any atom is -0.446 e. The Balaban J connectivity index is 1.96. The number of hydrogen-bond donors (Lipinski definition) is 0. The largest absolute Gasteiger partial charge is 0.446 e.